The summed E-state index contributed by atoms with van der Waals surface area (Å²) < 4.78 is 0. The molecule has 0 bridgehead atoms. The predicted octanol–water partition coefficient (Wildman–Crippen LogP) is 2.35. The molecule has 17 heavy (non-hydrogen) atoms. The molecular weight excluding hydrogens is 208 g/mol. The van der Waals surface area contributed by atoms with Crippen LogP contribution in [0.25, 0.3) is 0 Å². The van der Waals surface area contributed by atoms with Gasteiger partial charge in [-0.05, 0) is 51.3 Å². The first kappa shape index (κ1) is 12.6. The van der Waals surface area contributed by atoms with Crippen LogP contribution in [0.1, 0.15) is 31.7 Å². The number of hydrogen-bond donors (Lipinski definition) is 2. The van der Waals surface area contributed by atoms with E-state index < -0.39 is 0 Å². The van der Waals surface area contributed by atoms with Gasteiger partial charge in [0, 0.05) is 12.1 Å². The summed E-state index contributed by atoms with van der Waals surface area (Å²) in [6, 6.07) is 10.8. The quantitative estimate of drug-likeness (QED) is 0.736. The van der Waals surface area contributed by atoms with Gasteiger partial charge in [0.25, 0.3) is 0 Å². The van der Waals surface area contributed by atoms with E-state index in [-0.39, 0.29) is 0 Å². The Kier molecular flexibility index (Phi) is 4.57. The smallest absolute Gasteiger partial charge is 0.0289 e. The highest BCUT2D eigenvalue weighted by atomic mass is 15.1. The molecule has 1 unspecified atom stereocenters. The Labute approximate surface area is 105 Å². The summed E-state index contributed by atoms with van der Waals surface area (Å²) >= 11 is 0. The third kappa shape index (κ3) is 4.14. The van der Waals surface area contributed by atoms with Crippen LogP contribution in [-0.4, -0.2) is 25.2 Å². The highest BCUT2D eigenvalue weighted by molar-refractivity contribution is 5.14. The lowest BCUT2D eigenvalue weighted by Crippen LogP contribution is -2.44. The number of rotatable bonds is 6. The van der Waals surface area contributed by atoms with Gasteiger partial charge in [-0.15, -0.1) is 0 Å². The number of unbranched alkanes of at least 4 members (excludes halogenated alkanes) is 1. The molecule has 1 saturated heterocycles. The van der Waals surface area contributed by atoms with Crippen LogP contribution in [0, 0.1) is 0 Å². The Balaban J connectivity index is 1.58. The highest BCUT2D eigenvalue weighted by Gasteiger charge is 2.26. The van der Waals surface area contributed by atoms with Gasteiger partial charge < -0.3 is 10.6 Å². The van der Waals surface area contributed by atoms with Crippen LogP contribution in [0.3, 0.4) is 0 Å². The van der Waals surface area contributed by atoms with E-state index >= 15 is 0 Å². The number of hydrogen-bond acceptors (Lipinski definition) is 2. The van der Waals surface area contributed by atoms with Gasteiger partial charge in [-0.25, -0.2) is 0 Å². The van der Waals surface area contributed by atoms with E-state index in [1.54, 1.807) is 0 Å². The normalized spacial score (nSPS) is 24.1. The zero-order valence-electron chi connectivity index (χ0n) is 10.8. The number of aryl methyl sites for hydroxylation is 1. The van der Waals surface area contributed by atoms with Crippen molar-refractivity contribution in [2.24, 2.45) is 0 Å². The van der Waals surface area contributed by atoms with Crippen molar-refractivity contribution in [1.29, 1.82) is 0 Å². The molecule has 2 N–H and O–H groups in total. The van der Waals surface area contributed by atoms with Crippen molar-refractivity contribution >= 4 is 0 Å². The second-order valence-corrected chi connectivity index (χ2v) is 5.36. The molecule has 1 aliphatic heterocycles. The van der Waals surface area contributed by atoms with E-state index in [0.29, 0.717) is 5.54 Å². The topological polar surface area (TPSA) is 24.1 Å². The van der Waals surface area contributed by atoms with Gasteiger partial charge in [-0.2, -0.15) is 0 Å². The molecule has 0 aliphatic carbocycles. The van der Waals surface area contributed by atoms with Crippen LogP contribution in [0.4, 0.5) is 0 Å². The fraction of sp³-hybridized carbons (Fsp3) is 0.600. The van der Waals surface area contributed by atoms with Crippen molar-refractivity contribution in [3.8, 4) is 0 Å². The molecule has 0 saturated carbocycles. The fourth-order valence-electron chi connectivity index (χ4n) is 2.46. The summed E-state index contributed by atoms with van der Waals surface area (Å²) in [5, 5.41) is 7.10. The Morgan fingerprint density at radius 2 is 2.06 bits per heavy atom. The monoisotopic (exact) mass is 232 g/mol. The Bertz CT molecular complexity index is 315. The summed E-state index contributed by atoms with van der Waals surface area (Å²) in [4.78, 5) is 0. The minimum absolute atomic E-state index is 0.340. The molecule has 1 atom stereocenters. The lowest BCUT2D eigenvalue weighted by atomic mass is 10.0. The standard InChI is InChI=1S/C15H24N2/c1-15(10-12-16-13-15)17-11-6-5-9-14-7-3-2-4-8-14/h2-4,7-8,16-17H,5-6,9-13H2,1H3. The summed E-state index contributed by atoms with van der Waals surface area (Å²) in [5.74, 6) is 0. The number of nitrogens with one attached hydrogen (secondary N) is 2. The molecule has 1 aliphatic rings. The van der Waals surface area contributed by atoms with Crippen molar-refractivity contribution in [2.45, 2.75) is 38.1 Å². The van der Waals surface area contributed by atoms with Gasteiger partial charge in [0.2, 0.25) is 0 Å². The van der Waals surface area contributed by atoms with Crippen LogP contribution in [0.5, 0.6) is 0 Å². The molecule has 2 heteroatoms. The van der Waals surface area contributed by atoms with Gasteiger partial charge in [0.15, 0.2) is 0 Å². The lowest BCUT2D eigenvalue weighted by Gasteiger charge is -2.24. The molecular formula is C15H24N2. The van der Waals surface area contributed by atoms with Crippen LogP contribution < -0.4 is 10.6 Å². The van der Waals surface area contributed by atoms with Crippen LogP contribution >= 0.6 is 0 Å². The maximum absolute atomic E-state index is 3.68. The van der Waals surface area contributed by atoms with Crippen molar-refractivity contribution in [3.63, 3.8) is 0 Å². The van der Waals surface area contributed by atoms with Crippen molar-refractivity contribution in [2.75, 3.05) is 19.6 Å². The van der Waals surface area contributed by atoms with Crippen molar-refractivity contribution < 1.29 is 0 Å². The summed E-state index contributed by atoms with van der Waals surface area (Å²) in [5.41, 5.74) is 1.80. The second-order valence-electron chi connectivity index (χ2n) is 5.36. The van der Waals surface area contributed by atoms with E-state index in [0.717, 1.165) is 19.6 Å². The molecule has 0 radical (unpaired) electrons. The minimum Gasteiger partial charge on any atom is -0.315 e. The highest BCUT2D eigenvalue weighted by Crippen LogP contribution is 2.13. The largest absolute Gasteiger partial charge is 0.315 e. The van der Waals surface area contributed by atoms with Crippen LogP contribution in [0.15, 0.2) is 30.3 Å². The SMILES string of the molecule is CC1(NCCCCc2ccccc2)CCNC1. The summed E-state index contributed by atoms with van der Waals surface area (Å²) in [6.45, 7) is 5.74. The first-order chi connectivity index (χ1) is 8.29. The van der Waals surface area contributed by atoms with Crippen LogP contribution in [0.2, 0.25) is 0 Å². The maximum Gasteiger partial charge on any atom is 0.0289 e. The molecule has 0 amide bonds. The predicted molar refractivity (Wildman–Crippen MR) is 73.3 cm³/mol. The zero-order chi connectivity index (χ0) is 12.0. The molecule has 1 aromatic carbocycles. The Hall–Kier alpha value is -0.860. The molecule has 2 rings (SSSR count). The molecule has 1 aromatic rings. The summed E-state index contributed by atoms with van der Waals surface area (Å²) in [6.07, 6.45) is 5.01. The average Bonchev–Trinajstić information content (AvgIpc) is 2.77. The first-order valence-electron chi connectivity index (χ1n) is 6.78. The van der Waals surface area contributed by atoms with Gasteiger partial charge in [0.1, 0.15) is 0 Å². The maximum atomic E-state index is 3.68. The minimum atomic E-state index is 0.340. The van der Waals surface area contributed by atoms with Crippen LogP contribution in [-0.2, 0) is 6.42 Å². The second kappa shape index (κ2) is 6.18. The fourth-order valence-corrected chi connectivity index (χ4v) is 2.46. The molecule has 0 spiro atoms. The van der Waals surface area contributed by atoms with Gasteiger partial charge in [0.05, 0.1) is 0 Å². The Morgan fingerprint density at radius 1 is 1.24 bits per heavy atom. The van der Waals surface area contributed by atoms with E-state index in [4.69, 9.17) is 0 Å². The molecule has 1 heterocycles. The number of benzene rings is 1. The third-order valence-corrected chi connectivity index (χ3v) is 3.66. The zero-order valence-corrected chi connectivity index (χ0v) is 10.8. The lowest BCUT2D eigenvalue weighted by molar-refractivity contribution is 0.383. The van der Waals surface area contributed by atoms with Crippen molar-refractivity contribution in [1.82, 2.24) is 10.6 Å². The van der Waals surface area contributed by atoms with Gasteiger partial charge in [-0.3, -0.25) is 0 Å². The molecule has 1 fully saturated rings. The van der Waals surface area contributed by atoms with Gasteiger partial charge in [-0.1, -0.05) is 30.3 Å². The van der Waals surface area contributed by atoms with E-state index in [1.807, 2.05) is 0 Å². The van der Waals surface area contributed by atoms with Crippen molar-refractivity contribution in [3.05, 3.63) is 35.9 Å². The van der Waals surface area contributed by atoms with E-state index in [1.165, 1.54) is 31.2 Å². The summed E-state index contributed by atoms with van der Waals surface area (Å²) in [7, 11) is 0. The molecule has 0 aromatic heterocycles. The van der Waals surface area contributed by atoms with E-state index in [2.05, 4.69) is 47.9 Å². The third-order valence-electron chi connectivity index (χ3n) is 3.66. The average molecular weight is 232 g/mol. The van der Waals surface area contributed by atoms with E-state index in [9.17, 15) is 0 Å². The molecule has 94 valence electrons. The van der Waals surface area contributed by atoms with Gasteiger partial charge >= 0.3 is 0 Å². The Morgan fingerprint density at radius 3 is 2.76 bits per heavy atom. The molecule has 2 nitrogen and oxygen atoms in total. The first-order valence-corrected chi connectivity index (χ1v) is 6.78.